The fourth-order valence-electron chi connectivity index (χ4n) is 4.15. The maximum atomic E-state index is 6.04. The normalized spacial score (nSPS) is 58.0. The van der Waals surface area contributed by atoms with Gasteiger partial charge in [-0.25, -0.2) is 0 Å². The molecule has 0 amide bonds. The van der Waals surface area contributed by atoms with Gasteiger partial charge in [0.2, 0.25) is 0 Å². The summed E-state index contributed by atoms with van der Waals surface area (Å²) in [5.41, 5.74) is 6.61. The molecule has 0 radical (unpaired) electrons. The van der Waals surface area contributed by atoms with E-state index in [1.807, 2.05) is 0 Å². The summed E-state index contributed by atoms with van der Waals surface area (Å²) in [6.45, 7) is 0. The number of nitrogens with zero attached hydrogens (tertiary/aromatic N) is 1. The Bertz CT molecular complexity index is 216. The molecule has 1 aliphatic carbocycles. The molecule has 2 saturated heterocycles. The Morgan fingerprint density at radius 2 is 2.33 bits per heavy atom. The molecular weight excluding hydrogens is 148 g/mol. The summed E-state index contributed by atoms with van der Waals surface area (Å²) in [6, 6.07) is 1.40. The first-order valence-corrected chi connectivity index (χ1v) is 5.22. The van der Waals surface area contributed by atoms with E-state index in [0.717, 1.165) is 12.0 Å². The minimum atomic E-state index is 0.501. The lowest BCUT2D eigenvalue weighted by Crippen LogP contribution is -2.71. The highest BCUT2D eigenvalue weighted by Crippen LogP contribution is 2.58. The van der Waals surface area contributed by atoms with Crippen molar-refractivity contribution in [1.82, 2.24) is 4.90 Å². The summed E-state index contributed by atoms with van der Waals surface area (Å²) in [4.78, 5) is 2.62. The van der Waals surface area contributed by atoms with Gasteiger partial charge >= 0.3 is 0 Å². The Morgan fingerprint density at radius 3 is 3.00 bits per heavy atom. The molecule has 0 aromatic heterocycles. The van der Waals surface area contributed by atoms with E-state index in [4.69, 9.17) is 5.73 Å². The fraction of sp³-hybridized carbons (Fsp3) is 1.00. The standard InChI is InChI=1S/C10H18N2/c1-12-9-3-2-4-10(12)6-7(11)5-8(9)10/h7-9H,2-6,11H2,1H3. The van der Waals surface area contributed by atoms with Crippen LogP contribution in [0.4, 0.5) is 0 Å². The Labute approximate surface area is 74.1 Å². The molecule has 4 unspecified atom stereocenters. The number of hydrogen-bond donors (Lipinski definition) is 1. The maximum absolute atomic E-state index is 6.04. The molecule has 2 nitrogen and oxygen atoms in total. The highest BCUT2D eigenvalue weighted by Gasteiger charge is 2.63. The number of fused-ring (bicyclic) bond motifs is 2. The zero-order chi connectivity index (χ0) is 8.34. The predicted octanol–water partition coefficient (Wildman–Crippen LogP) is 0.960. The van der Waals surface area contributed by atoms with Crippen LogP contribution in [0.3, 0.4) is 0 Å². The molecule has 3 aliphatic rings. The van der Waals surface area contributed by atoms with Crippen LogP contribution in [0.25, 0.3) is 0 Å². The second-order valence-corrected chi connectivity index (χ2v) is 4.98. The Hall–Kier alpha value is -0.0800. The molecule has 2 aliphatic heterocycles. The first kappa shape index (κ1) is 7.34. The molecule has 12 heavy (non-hydrogen) atoms. The van der Waals surface area contributed by atoms with Crippen molar-refractivity contribution in [3.05, 3.63) is 0 Å². The summed E-state index contributed by atoms with van der Waals surface area (Å²) in [7, 11) is 2.30. The lowest BCUT2D eigenvalue weighted by Gasteiger charge is -2.64. The van der Waals surface area contributed by atoms with E-state index in [-0.39, 0.29) is 0 Å². The average Bonchev–Trinajstić information content (AvgIpc) is 2.37. The number of piperidine rings is 1. The minimum Gasteiger partial charge on any atom is -0.328 e. The van der Waals surface area contributed by atoms with Crippen molar-refractivity contribution < 1.29 is 0 Å². The zero-order valence-corrected chi connectivity index (χ0v) is 7.79. The second-order valence-electron chi connectivity index (χ2n) is 4.98. The quantitative estimate of drug-likeness (QED) is 0.581. The Balaban J connectivity index is 1.93. The van der Waals surface area contributed by atoms with Crippen LogP contribution < -0.4 is 5.73 Å². The van der Waals surface area contributed by atoms with Crippen molar-refractivity contribution in [3.8, 4) is 0 Å². The van der Waals surface area contributed by atoms with Gasteiger partial charge in [0.15, 0.2) is 0 Å². The molecular formula is C10H18N2. The monoisotopic (exact) mass is 166 g/mol. The molecule has 3 fully saturated rings. The summed E-state index contributed by atoms with van der Waals surface area (Å²) in [6.07, 6.45) is 6.85. The number of rotatable bonds is 0. The minimum absolute atomic E-state index is 0.501. The first-order chi connectivity index (χ1) is 5.74. The van der Waals surface area contributed by atoms with E-state index in [0.29, 0.717) is 11.6 Å². The van der Waals surface area contributed by atoms with Crippen LogP contribution in [0.15, 0.2) is 0 Å². The smallest absolute Gasteiger partial charge is 0.0267 e. The van der Waals surface area contributed by atoms with E-state index < -0.39 is 0 Å². The molecule has 0 aromatic rings. The predicted molar refractivity (Wildman–Crippen MR) is 48.8 cm³/mol. The van der Waals surface area contributed by atoms with Crippen molar-refractivity contribution >= 4 is 0 Å². The average molecular weight is 166 g/mol. The largest absolute Gasteiger partial charge is 0.328 e. The third-order valence-electron chi connectivity index (χ3n) is 4.64. The van der Waals surface area contributed by atoms with Gasteiger partial charge in [-0.2, -0.15) is 0 Å². The van der Waals surface area contributed by atoms with Crippen LogP contribution in [0.5, 0.6) is 0 Å². The van der Waals surface area contributed by atoms with Gasteiger partial charge in [-0.1, -0.05) is 6.42 Å². The molecule has 1 saturated carbocycles. The summed E-state index contributed by atoms with van der Waals surface area (Å²) >= 11 is 0. The molecule has 2 bridgehead atoms. The van der Waals surface area contributed by atoms with Gasteiger partial charge in [0.25, 0.3) is 0 Å². The van der Waals surface area contributed by atoms with Gasteiger partial charge < -0.3 is 5.73 Å². The van der Waals surface area contributed by atoms with Gasteiger partial charge in [-0.3, -0.25) is 4.90 Å². The van der Waals surface area contributed by atoms with E-state index in [9.17, 15) is 0 Å². The third kappa shape index (κ3) is 0.612. The second kappa shape index (κ2) is 2.05. The third-order valence-corrected chi connectivity index (χ3v) is 4.64. The molecule has 0 aromatic carbocycles. The molecule has 1 spiro atoms. The van der Waals surface area contributed by atoms with Crippen molar-refractivity contribution in [3.63, 3.8) is 0 Å². The van der Waals surface area contributed by atoms with Crippen molar-refractivity contribution in [2.45, 2.75) is 49.7 Å². The van der Waals surface area contributed by atoms with Crippen LogP contribution >= 0.6 is 0 Å². The van der Waals surface area contributed by atoms with Crippen molar-refractivity contribution in [2.75, 3.05) is 7.05 Å². The van der Waals surface area contributed by atoms with Crippen molar-refractivity contribution in [1.29, 1.82) is 0 Å². The van der Waals surface area contributed by atoms with E-state index >= 15 is 0 Å². The van der Waals surface area contributed by atoms with Crippen LogP contribution in [-0.2, 0) is 0 Å². The molecule has 3 rings (SSSR count). The van der Waals surface area contributed by atoms with Crippen LogP contribution in [-0.4, -0.2) is 29.6 Å². The van der Waals surface area contributed by atoms with E-state index in [1.54, 1.807) is 0 Å². The lowest BCUT2D eigenvalue weighted by molar-refractivity contribution is -0.139. The summed E-state index contributed by atoms with van der Waals surface area (Å²) < 4.78 is 0. The molecule has 2 heteroatoms. The topological polar surface area (TPSA) is 29.3 Å². The fourth-order valence-corrected chi connectivity index (χ4v) is 4.15. The highest BCUT2D eigenvalue weighted by molar-refractivity contribution is 5.19. The molecule has 2 heterocycles. The van der Waals surface area contributed by atoms with Crippen LogP contribution in [0, 0.1) is 5.92 Å². The van der Waals surface area contributed by atoms with Gasteiger partial charge in [-0.15, -0.1) is 0 Å². The Morgan fingerprint density at radius 1 is 1.50 bits per heavy atom. The van der Waals surface area contributed by atoms with Crippen molar-refractivity contribution in [2.24, 2.45) is 11.7 Å². The number of nitrogens with two attached hydrogens (primary N) is 1. The maximum Gasteiger partial charge on any atom is 0.0267 e. The van der Waals surface area contributed by atoms with E-state index in [1.165, 1.54) is 32.1 Å². The van der Waals surface area contributed by atoms with Gasteiger partial charge in [-0.05, 0) is 38.6 Å². The van der Waals surface area contributed by atoms with E-state index in [2.05, 4.69) is 11.9 Å². The van der Waals surface area contributed by atoms with Crippen LogP contribution in [0.1, 0.15) is 32.1 Å². The number of hydrogen-bond acceptors (Lipinski definition) is 2. The Kier molecular flexibility index (Phi) is 1.25. The summed E-state index contributed by atoms with van der Waals surface area (Å²) in [5.74, 6) is 0.964. The van der Waals surface area contributed by atoms with Gasteiger partial charge in [0.05, 0.1) is 0 Å². The zero-order valence-electron chi connectivity index (χ0n) is 7.79. The highest BCUT2D eigenvalue weighted by atomic mass is 15.3. The van der Waals surface area contributed by atoms with Gasteiger partial charge in [0.1, 0.15) is 0 Å². The lowest BCUT2D eigenvalue weighted by atomic mass is 9.62. The van der Waals surface area contributed by atoms with Gasteiger partial charge in [0, 0.05) is 17.6 Å². The molecule has 4 atom stereocenters. The first-order valence-electron chi connectivity index (χ1n) is 5.22. The SMILES string of the molecule is CN1C2CCCC13CC(N)CC23. The molecule has 68 valence electrons. The van der Waals surface area contributed by atoms with Crippen LogP contribution in [0.2, 0.25) is 0 Å². The summed E-state index contributed by atoms with van der Waals surface area (Å²) in [5, 5.41) is 0. The molecule has 2 N–H and O–H groups in total.